The van der Waals surface area contributed by atoms with Gasteiger partial charge in [0.1, 0.15) is 5.71 Å². The number of carbonyl (C=O) groups is 1. The summed E-state index contributed by atoms with van der Waals surface area (Å²) >= 11 is 0. The lowest BCUT2D eigenvalue weighted by Crippen LogP contribution is -2.42. The Kier molecular flexibility index (Phi) is 2.43. The fraction of sp³-hybridized carbons (Fsp3) is 0.143. The highest BCUT2D eigenvalue weighted by Gasteiger charge is 2.28. The van der Waals surface area contributed by atoms with Crippen molar-refractivity contribution >= 4 is 12.2 Å². The molecule has 0 bridgehead atoms. The van der Waals surface area contributed by atoms with Crippen LogP contribution in [-0.4, -0.2) is 18.2 Å². The molecule has 0 spiro atoms. The van der Waals surface area contributed by atoms with Crippen LogP contribution in [0.4, 0.5) is 0 Å². The fourth-order valence-corrected chi connectivity index (χ4v) is 1.06. The molecule has 0 aromatic rings. The summed E-state index contributed by atoms with van der Waals surface area (Å²) in [6.45, 7) is 0.151. The molecule has 0 saturated heterocycles. The molecule has 1 aliphatic carbocycles. The van der Waals surface area contributed by atoms with Crippen LogP contribution < -0.4 is 22.9 Å². The molecular formula is C7H11N5O2. The van der Waals surface area contributed by atoms with Crippen molar-refractivity contribution in [1.29, 1.82) is 5.41 Å². The molecule has 7 nitrogen and oxygen atoms in total. The summed E-state index contributed by atoms with van der Waals surface area (Å²) in [4.78, 5) is 10.1. The molecule has 14 heavy (non-hydrogen) atoms. The smallest absolute Gasteiger partial charge is 0.298 e. The fourth-order valence-electron chi connectivity index (χ4n) is 1.06. The van der Waals surface area contributed by atoms with Gasteiger partial charge < -0.3 is 27.7 Å². The molecule has 1 rings (SSSR count). The lowest BCUT2D eigenvalue weighted by molar-refractivity contribution is -0.124. The minimum Gasteiger partial charge on any atom is -0.424 e. The second kappa shape index (κ2) is 3.38. The van der Waals surface area contributed by atoms with E-state index in [2.05, 4.69) is 4.74 Å². The van der Waals surface area contributed by atoms with Gasteiger partial charge in [-0.15, -0.1) is 0 Å². The zero-order valence-corrected chi connectivity index (χ0v) is 7.28. The van der Waals surface area contributed by atoms with Gasteiger partial charge in [0.15, 0.2) is 5.76 Å². The first kappa shape index (κ1) is 10.1. The third-order valence-electron chi connectivity index (χ3n) is 1.91. The normalized spacial score (nSPS) is 22.6. The molecule has 76 valence electrons. The summed E-state index contributed by atoms with van der Waals surface area (Å²) in [6.07, 6.45) is 0. The molecule has 0 fully saturated rings. The Morgan fingerprint density at radius 1 is 1.29 bits per heavy atom. The van der Waals surface area contributed by atoms with Gasteiger partial charge in [0.05, 0.1) is 23.1 Å². The maximum atomic E-state index is 10.1. The first-order chi connectivity index (χ1) is 6.50. The summed E-state index contributed by atoms with van der Waals surface area (Å²) in [5.74, 6) is -0.140. The molecule has 9 N–H and O–H groups in total. The largest absolute Gasteiger partial charge is 0.424 e. The topological polar surface area (TPSA) is 154 Å². The van der Waals surface area contributed by atoms with Crippen molar-refractivity contribution in [2.24, 2.45) is 22.9 Å². The molecule has 7 heteroatoms. The van der Waals surface area contributed by atoms with Gasteiger partial charge in [0.2, 0.25) is 0 Å². The lowest BCUT2D eigenvalue weighted by Gasteiger charge is -2.23. The highest BCUT2D eigenvalue weighted by Crippen LogP contribution is 2.18. The maximum Gasteiger partial charge on any atom is 0.298 e. The molecule has 1 atom stereocenters. The van der Waals surface area contributed by atoms with E-state index in [1.54, 1.807) is 0 Å². The van der Waals surface area contributed by atoms with E-state index >= 15 is 0 Å². The van der Waals surface area contributed by atoms with E-state index in [9.17, 15) is 4.79 Å². The van der Waals surface area contributed by atoms with Crippen molar-refractivity contribution in [2.75, 3.05) is 0 Å². The van der Waals surface area contributed by atoms with Crippen molar-refractivity contribution in [3.8, 4) is 0 Å². The van der Waals surface area contributed by atoms with Gasteiger partial charge in [-0.05, 0) is 0 Å². The van der Waals surface area contributed by atoms with Gasteiger partial charge >= 0.3 is 0 Å². The maximum absolute atomic E-state index is 10.1. The Hall–Kier alpha value is -2.02. The number of carbonyl (C=O) groups excluding carboxylic acids is 1. The van der Waals surface area contributed by atoms with E-state index in [0.29, 0.717) is 0 Å². The summed E-state index contributed by atoms with van der Waals surface area (Å²) in [6, 6.07) is -0.820. The Morgan fingerprint density at radius 3 is 2.36 bits per heavy atom. The lowest BCUT2D eigenvalue weighted by atomic mass is 9.98. The Morgan fingerprint density at radius 2 is 1.86 bits per heavy atom. The Labute approximate surface area is 79.9 Å². The van der Waals surface area contributed by atoms with Crippen LogP contribution in [0.15, 0.2) is 22.9 Å². The van der Waals surface area contributed by atoms with Crippen LogP contribution in [0.1, 0.15) is 0 Å². The second-order valence-electron chi connectivity index (χ2n) is 2.72. The van der Waals surface area contributed by atoms with Gasteiger partial charge in [-0.3, -0.25) is 10.2 Å². The number of nitrogens with two attached hydrogens (primary N) is 4. The summed E-state index contributed by atoms with van der Waals surface area (Å²) < 4.78 is 4.50. The van der Waals surface area contributed by atoms with Crippen LogP contribution in [0.5, 0.6) is 0 Å². The van der Waals surface area contributed by atoms with E-state index in [1.165, 1.54) is 0 Å². The summed E-state index contributed by atoms with van der Waals surface area (Å²) in [7, 11) is 0. The van der Waals surface area contributed by atoms with Gasteiger partial charge in [-0.1, -0.05) is 0 Å². The van der Waals surface area contributed by atoms with Gasteiger partial charge in [-0.2, -0.15) is 0 Å². The van der Waals surface area contributed by atoms with E-state index in [-0.39, 0.29) is 35.0 Å². The monoisotopic (exact) mass is 197 g/mol. The van der Waals surface area contributed by atoms with E-state index in [4.69, 9.17) is 28.3 Å². The molecule has 1 unspecified atom stereocenters. The van der Waals surface area contributed by atoms with Crippen molar-refractivity contribution in [2.45, 2.75) is 6.04 Å². The first-order valence-electron chi connectivity index (χ1n) is 3.70. The molecule has 1 aliphatic rings. The third kappa shape index (κ3) is 1.29. The van der Waals surface area contributed by atoms with Gasteiger partial charge in [-0.25, -0.2) is 0 Å². The Bertz CT molecular complexity index is 357. The average molecular weight is 197 g/mol. The van der Waals surface area contributed by atoms with Crippen molar-refractivity contribution in [3.05, 3.63) is 22.9 Å². The van der Waals surface area contributed by atoms with Gasteiger partial charge in [0, 0.05) is 0 Å². The van der Waals surface area contributed by atoms with Crippen molar-refractivity contribution in [3.63, 3.8) is 0 Å². The van der Waals surface area contributed by atoms with Crippen LogP contribution in [-0.2, 0) is 9.53 Å². The summed E-state index contributed by atoms with van der Waals surface area (Å²) in [5.41, 5.74) is 21.9. The summed E-state index contributed by atoms with van der Waals surface area (Å²) in [5, 5.41) is 7.47. The second-order valence-corrected chi connectivity index (χ2v) is 2.72. The number of rotatable bonds is 2. The van der Waals surface area contributed by atoms with Crippen molar-refractivity contribution < 1.29 is 9.53 Å². The SMILES string of the molecule is N=C1C(N)=C(N)C(N)C(N)=C1OC=O. The van der Waals surface area contributed by atoms with Gasteiger partial charge in [0.25, 0.3) is 6.47 Å². The highest BCUT2D eigenvalue weighted by molar-refractivity contribution is 6.11. The molecule has 0 aromatic carbocycles. The number of hydrogen-bond acceptors (Lipinski definition) is 7. The molecule has 0 radical (unpaired) electrons. The quantitative estimate of drug-likeness (QED) is 0.317. The third-order valence-corrected chi connectivity index (χ3v) is 1.91. The minimum absolute atomic E-state index is 0.0220. The van der Waals surface area contributed by atoms with Crippen LogP contribution in [0.2, 0.25) is 0 Å². The first-order valence-corrected chi connectivity index (χ1v) is 3.70. The van der Waals surface area contributed by atoms with E-state index < -0.39 is 6.04 Å². The van der Waals surface area contributed by atoms with Crippen LogP contribution in [0.3, 0.4) is 0 Å². The average Bonchev–Trinajstić information content (AvgIpc) is 2.19. The number of nitrogens with one attached hydrogen (secondary N) is 1. The van der Waals surface area contributed by atoms with Crippen LogP contribution >= 0.6 is 0 Å². The zero-order chi connectivity index (χ0) is 10.9. The molecule has 0 saturated carbocycles. The van der Waals surface area contributed by atoms with Crippen LogP contribution in [0.25, 0.3) is 0 Å². The molecule has 0 heterocycles. The minimum atomic E-state index is -0.820. The molecular weight excluding hydrogens is 186 g/mol. The zero-order valence-electron chi connectivity index (χ0n) is 7.28. The Balaban J connectivity index is 3.18. The molecule has 0 amide bonds. The standard InChI is InChI=1S/C7H11N5O2/c8-2-3(9)5(11)7(14-1-13)6(12)4(2)10/h1,3,12H,8-11H2. The van der Waals surface area contributed by atoms with E-state index in [0.717, 1.165) is 0 Å². The van der Waals surface area contributed by atoms with Crippen LogP contribution in [0, 0.1) is 5.41 Å². The molecule has 0 aliphatic heterocycles. The molecule has 0 aromatic heterocycles. The van der Waals surface area contributed by atoms with Crippen molar-refractivity contribution in [1.82, 2.24) is 0 Å². The number of hydrogen-bond donors (Lipinski definition) is 5. The number of ether oxygens (including phenoxy) is 1. The highest BCUT2D eigenvalue weighted by atomic mass is 16.5. The van der Waals surface area contributed by atoms with E-state index in [1.807, 2.05) is 0 Å². The predicted molar refractivity (Wildman–Crippen MR) is 49.5 cm³/mol. The predicted octanol–water partition coefficient (Wildman–Crippen LogP) is -2.18.